The fourth-order valence-corrected chi connectivity index (χ4v) is 4.08. The molecular weight excluding hydrogens is 373 g/mol. The maximum atomic E-state index is 13.1. The molecule has 0 aromatic carbocycles. The number of rotatable bonds is 5. The topological polar surface area (TPSA) is 62.2 Å². The molecule has 3 heterocycles. The number of halogens is 2. The van der Waals surface area contributed by atoms with Crippen molar-refractivity contribution in [2.45, 2.75) is 51.1 Å². The van der Waals surface area contributed by atoms with Crippen LogP contribution < -0.4 is 10.6 Å². The molecule has 0 spiro atoms. The SMILES string of the molecule is CC1CCCN(C(C)CNC(=O)C2(n3cccn3)CCNCC2)C1.Cl.Cl. The first-order chi connectivity index (χ1) is 11.6. The van der Waals surface area contributed by atoms with Crippen molar-refractivity contribution in [2.75, 3.05) is 32.7 Å². The lowest BCUT2D eigenvalue weighted by molar-refractivity contribution is -0.132. The third-order valence-electron chi connectivity index (χ3n) is 5.67. The van der Waals surface area contributed by atoms with Gasteiger partial charge >= 0.3 is 0 Å². The minimum atomic E-state index is -0.538. The number of carbonyl (C=O) groups is 1. The number of amides is 1. The summed E-state index contributed by atoms with van der Waals surface area (Å²) in [6.45, 7) is 9.25. The minimum absolute atomic E-state index is 0. The molecule has 6 nitrogen and oxygen atoms in total. The quantitative estimate of drug-likeness (QED) is 0.786. The second-order valence-electron chi connectivity index (χ2n) is 7.53. The monoisotopic (exact) mass is 405 g/mol. The van der Waals surface area contributed by atoms with Gasteiger partial charge in [-0.25, -0.2) is 0 Å². The van der Waals surface area contributed by atoms with E-state index in [-0.39, 0.29) is 30.7 Å². The van der Waals surface area contributed by atoms with E-state index < -0.39 is 5.54 Å². The summed E-state index contributed by atoms with van der Waals surface area (Å²) >= 11 is 0. The minimum Gasteiger partial charge on any atom is -0.352 e. The summed E-state index contributed by atoms with van der Waals surface area (Å²) in [5, 5.41) is 11.0. The Bertz CT molecular complexity index is 534. The van der Waals surface area contributed by atoms with Crippen molar-refractivity contribution in [1.29, 1.82) is 0 Å². The summed E-state index contributed by atoms with van der Waals surface area (Å²) in [5.41, 5.74) is -0.538. The fourth-order valence-electron chi connectivity index (χ4n) is 4.08. The van der Waals surface area contributed by atoms with Gasteiger partial charge in [0.2, 0.25) is 5.91 Å². The van der Waals surface area contributed by atoms with Gasteiger partial charge in [0.25, 0.3) is 0 Å². The van der Waals surface area contributed by atoms with Crippen LogP contribution in [0.25, 0.3) is 0 Å². The van der Waals surface area contributed by atoms with Crippen LogP contribution in [-0.4, -0.2) is 59.4 Å². The molecule has 2 saturated heterocycles. The Kier molecular flexibility index (Phi) is 9.38. The van der Waals surface area contributed by atoms with Crippen molar-refractivity contribution in [2.24, 2.45) is 5.92 Å². The molecule has 0 bridgehead atoms. The van der Waals surface area contributed by atoms with E-state index in [2.05, 4.69) is 34.5 Å². The number of carbonyl (C=O) groups excluding carboxylic acids is 1. The van der Waals surface area contributed by atoms with E-state index >= 15 is 0 Å². The van der Waals surface area contributed by atoms with Crippen molar-refractivity contribution in [1.82, 2.24) is 25.3 Å². The highest BCUT2D eigenvalue weighted by molar-refractivity contribution is 5.85. The Balaban J connectivity index is 0.00000169. The number of hydrogen-bond donors (Lipinski definition) is 2. The zero-order valence-electron chi connectivity index (χ0n) is 15.8. The molecule has 0 aliphatic carbocycles. The molecular formula is C18H33Cl2N5O. The van der Waals surface area contributed by atoms with Crippen LogP contribution in [0.3, 0.4) is 0 Å². The van der Waals surface area contributed by atoms with Crippen molar-refractivity contribution in [3.63, 3.8) is 0 Å². The van der Waals surface area contributed by atoms with E-state index in [1.54, 1.807) is 6.20 Å². The Morgan fingerprint density at radius 1 is 1.38 bits per heavy atom. The van der Waals surface area contributed by atoms with Gasteiger partial charge in [0, 0.05) is 31.5 Å². The normalized spacial score (nSPS) is 24.0. The molecule has 1 amide bonds. The van der Waals surface area contributed by atoms with Crippen LogP contribution in [0, 0.1) is 5.92 Å². The van der Waals surface area contributed by atoms with Crippen LogP contribution in [0.15, 0.2) is 18.5 Å². The standard InChI is InChI=1S/C18H31N5O.2ClH/c1-15-5-3-11-22(14-15)16(2)13-20-17(24)18(6-9-19-10-7-18)23-12-4-8-21-23;;/h4,8,12,15-16,19H,3,5-7,9-11,13-14H2,1-2H3,(H,20,24);2*1H. The Labute approximate surface area is 169 Å². The van der Waals surface area contributed by atoms with Gasteiger partial charge in [0.15, 0.2) is 0 Å². The van der Waals surface area contributed by atoms with Crippen LogP contribution in [0.5, 0.6) is 0 Å². The van der Waals surface area contributed by atoms with Gasteiger partial charge in [0.05, 0.1) is 0 Å². The van der Waals surface area contributed by atoms with Gasteiger partial charge in [-0.3, -0.25) is 14.4 Å². The second-order valence-corrected chi connectivity index (χ2v) is 7.53. The maximum Gasteiger partial charge on any atom is 0.248 e. The molecule has 1 aromatic rings. The number of piperidine rings is 2. The van der Waals surface area contributed by atoms with E-state index in [0.29, 0.717) is 12.6 Å². The van der Waals surface area contributed by atoms with E-state index in [1.165, 1.54) is 12.8 Å². The summed E-state index contributed by atoms with van der Waals surface area (Å²) in [6, 6.07) is 2.28. The van der Waals surface area contributed by atoms with E-state index in [9.17, 15) is 4.79 Å². The molecule has 2 atom stereocenters. The van der Waals surface area contributed by atoms with E-state index in [4.69, 9.17) is 0 Å². The summed E-state index contributed by atoms with van der Waals surface area (Å²) in [7, 11) is 0. The molecule has 0 radical (unpaired) electrons. The number of nitrogens with zero attached hydrogens (tertiary/aromatic N) is 3. The molecule has 0 saturated carbocycles. The van der Waals surface area contributed by atoms with Gasteiger partial charge in [-0.15, -0.1) is 24.8 Å². The summed E-state index contributed by atoms with van der Waals surface area (Å²) in [6.07, 6.45) is 7.84. The molecule has 3 rings (SSSR count). The Morgan fingerprint density at radius 2 is 2.12 bits per heavy atom. The van der Waals surface area contributed by atoms with Gasteiger partial charge in [-0.2, -0.15) is 5.10 Å². The largest absolute Gasteiger partial charge is 0.352 e. The first-order valence-corrected chi connectivity index (χ1v) is 9.35. The van der Waals surface area contributed by atoms with Crippen molar-refractivity contribution in [3.05, 3.63) is 18.5 Å². The van der Waals surface area contributed by atoms with Crippen LogP contribution in [0.1, 0.15) is 39.5 Å². The van der Waals surface area contributed by atoms with Crippen molar-refractivity contribution in [3.8, 4) is 0 Å². The average Bonchev–Trinajstić information content (AvgIpc) is 3.15. The fraction of sp³-hybridized carbons (Fsp3) is 0.778. The first kappa shape index (κ1) is 23.2. The molecule has 1 aromatic heterocycles. The zero-order valence-corrected chi connectivity index (χ0v) is 17.5. The lowest BCUT2D eigenvalue weighted by Crippen LogP contribution is -2.56. The first-order valence-electron chi connectivity index (χ1n) is 9.35. The summed E-state index contributed by atoms with van der Waals surface area (Å²) in [4.78, 5) is 15.6. The highest BCUT2D eigenvalue weighted by Gasteiger charge is 2.42. The Hall–Kier alpha value is -0.820. The van der Waals surface area contributed by atoms with Gasteiger partial charge in [-0.1, -0.05) is 6.92 Å². The van der Waals surface area contributed by atoms with Crippen molar-refractivity contribution >= 4 is 30.7 Å². The summed E-state index contributed by atoms with van der Waals surface area (Å²) < 4.78 is 1.86. The highest BCUT2D eigenvalue weighted by Crippen LogP contribution is 2.27. The number of likely N-dealkylation sites (tertiary alicyclic amines) is 1. The van der Waals surface area contributed by atoms with Gasteiger partial charge < -0.3 is 10.6 Å². The van der Waals surface area contributed by atoms with Crippen LogP contribution >= 0.6 is 24.8 Å². The molecule has 2 aliphatic heterocycles. The average molecular weight is 406 g/mol. The predicted octanol–water partition coefficient (Wildman–Crippen LogP) is 2.04. The zero-order chi connectivity index (χ0) is 17.0. The highest BCUT2D eigenvalue weighted by atomic mass is 35.5. The lowest BCUT2D eigenvalue weighted by atomic mass is 9.87. The predicted molar refractivity (Wildman–Crippen MR) is 109 cm³/mol. The molecule has 2 fully saturated rings. The second kappa shape index (κ2) is 10.5. The third kappa shape index (κ3) is 5.12. The molecule has 8 heteroatoms. The van der Waals surface area contributed by atoms with E-state index in [1.807, 2.05) is 16.9 Å². The number of hydrogen-bond acceptors (Lipinski definition) is 4. The van der Waals surface area contributed by atoms with Crippen LogP contribution in [-0.2, 0) is 10.3 Å². The molecule has 26 heavy (non-hydrogen) atoms. The Morgan fingerprint density at radius 3 is 2.73 bits per heavy atom. The number of aromatic nitrogens is 2. The van der Waals surface area contributed by atoms with Crippen LogP contribution in [0.4, 0.5) is 0 Å². The maximum absolute atomic E-state index is 13.1. The van der Waals surface area contributed by atoms with Gasteiger partial charge in [0.1, 0.15) is 5.54 Å². The molecule has 2 unspecified atom stereocenters. The molecule has 150 valence electrons. The lowest BCUT2D eigenvalue weighted by Gasteiger charge is -2.38. The van der Waals surface area contributed by atoms with Crippen molar-refractivity contribution < 1.29 is 4.79 Å². The van der Waals surface area contributed by atoms with Gasteiger partial charge in [-0.05, 0) is 64.2 Å². The molecule has 2 N–H and O–H groups in total. The number of nitrogens with one attached hydrogen (secondary N) is 2. The smallest absolute Gasteiger partial charge is 0.248 e. The summed E-state index contributed by atoms with van der Waals surface area (Å²) in [5.74, 6) is 0.876. The molecule has 2 aliphatic rings. The third-order valence-corrected chi connectivity index (χ3v) is 5.67. The van der Waals surface area contributed by atoms with E-state index in [0.717, 1.165) is 44.9 Å². The van der Waals surface area contributed by atoms with Crippen LogP contribution in [0.2, 0.25) is 0 Å².